The molecule has 3 aromatic rings. The number of likely N-dealkylation sites (tertiary alicyclic amines) is 1. The molecule has 0 bridgehead atoms. The summed E-state index contributed by atoms with van der Waals surface area (Å²) in [5, 5.41) is 12.3. The zero-order valence-corrected chi connectivity index (χ0v) is 15.9. The van der Waals surface area contributed by atoms with E-state index in [1.54, 1.807) is 11.3 Å². The lowest BCUT2D eigenvalue weighted by molar-refractivity contribution is -0.119. The lowest BCUT2D eigenvalue weighted by atomic mass is 10.1. The van der Waals surface area contributed by atoms with Gasteiger partial charge in [-0.3, -0.25) is 14.7 Å². The van der Waals surface area contributed by atoms with Gasteiger partial charge in [0.25, 0.3) is 0 Å². The molecular formula is C20H22N4OS. The van der Waals surface area contributed by atoms with Gasteiger partial charge in [0, 0.05) is 29.4 Å². The molecule has 6 heteroatoms. The Bertz CT molecular complexity index is 952. The van der Waals surface area contributed by atoms with Gasteiger partial charge in [-0.25, -0.2) is 0 Å². The number of ketones is 1. The Morgan fingerprint density at radius 2 is 2.15 bits per heavy atom. The minimum atomic E-state index is 0.238. The first-order valence-electron chi connectivity index (χ1n) is 9.00. The molecule has 1 aliphatic heterocycles. The van der Waals surface area contributed by atoms with Crippen molar-refractivity contribution in [3.05, 3.63) is 41.2 Å². The van der Waals surface area contributed by atoms with Crippen molar-refractivity contribution in [2.45, 2.75) is 26.7 Å². The first kappa shape index (κ1) is 17.2. The molecule has 1 aromatic carbocycles. The van der Waals surface area contributed by atoms with Gasteiger partial charge in [0.1, 0.15) is 10.0 Å². The maximum Gasteiger partial charge on any atom is 0.152 e. The van der Waals surface area contributed by atoms with Gasteiger partial charge < -0.3 is 0 Å². The molecule has 26 heavy (non-hydrogen) atoms. The molecule has 5 nitrogen and oxygen atoms in total. The maximum atomic E-state index is 12.4. The number of rotatable bonds is 5. The number of pyridine rings is 1. The number of fused-ring (bicyclic) bond motifs is 1. The fourth-order valence-electron chi connectivity index (χ4n) is 3.51. The number of benzene rings is 1. The lowest BCUT2D eigenvalue weighted by Crippen LogP contribution is -2.28. The van der Waals surface area contributed by atoms with Crippen LogP contribution in [0.2, 0.25) is 0 Å². The highest BCUT2D eigenvalue weighted by Crippen LogP contribution is 2.27. The highest BCUT2D eigenvalue weighted by Gasteiger charge is 2.20. The van der Waals surface area contributed by atoms with Crippen LogP contribution >= 0.6 is 11.3 Å². The number of aromatic nitrogens is 3. The molecule has 1 fully saturated rings. The fraction of sp³-hybridized carbons (Fsp3) is 0.400. The minimum Gasteiger partial charge on any atom is -0.298 e. The van der Waals surface area contributed by atoms with Gasteiger partial charge >= 0.3 is 0 Å². The Balaban J connectivity index is 1.51. The molecule has 4 rings (SSSR count). The first-order valence-corrected chi connectivity index (χ1v) is 9.82. The van der Waals surface area contributed by atoms with Gasteiger partial charge in [0.2, 0.25) is 0 Å². The van der Waals surface area contributed by atoms with Crippen LogP contribution in [0.15, 0.2) is 30.5 Å². The van der Waals surface area contributed by atoms with Crippen LogP contribution in [0.25, 0.3) is 21.3 Å². The fourth-order valence-corrected chi connectivity index (χ4v) is 4.19. The molecule has 0 saturated carbocycles. The van der Waals surface area contributed by atoms with E-state index in [1.807, 2.05) is 31.3 Å². The zero-order valence-electron chi connectivity index (χ0n) is 15.1. The van der Waals surface area contributed by atoms with E-state index in [2.05, 4.69) is 33.1 Å². The lowest BCUT2D eigenvalue weighted by Gasteiger charge is -2.13. The predicted octanol–water partition coefficient (Wildman–Crippen LogP) is 3.52. The van der Waals surface area contributed by atoms with Crippen LogP contribution in [-0.2, 0) is 11.2 Å². The number of Topliss-reactive ketones (excluding diaryl/α,β-unsaturated/α-hetero) is 1. The minimum absolute atomic E-state index is 0.238. The van der Waals surface area contributed by atoms with E-state index in [9.17, 15) is 4.79 Å². The molecule has 3 heterocycles. The molecule has 0 aliphatic carbocycles. The Hall–Kier alpha value is -2.18. The van der Waals surface area contributed by atoms with Gasteiger partial charge in [0.15, 0.2) is 5.78 Å². The van der Waals surface area contributed by atoms with Crippen LogP contribution in [-0.4, -0.2) is 45.5 Å². The summed E-state index contributed by atoms with van der Waals surface area (Å²) in [6, 6.07) is 8.22. The van der Waals surface area contributed by atoms with Crippen LogP contribution in [0.3, 0.4) is 0 Å². The molecule has 1 saturated heterocycles. The molecule has 134 valence electrons. The van der Waals surface area contributed by atoms with Gasteiger partial charge in [-0.2, -0.15) is 0 Å². The normalized spacial score (nSPS) is 17.8. The van der Waals surface area contributed by atoms with E-state index < -0.39 is 0 Å². The van der Waals surface area contributed by atoms with Crippen molar-refractivity contribution in [2.24, 2.45) is 5.92 Å². The molecular weight excluding hydrogens is 344 g/mol. The molecule has 0 radical (unpaired) electrons. The van der Waals surface area contributed by atoms with Crippen molar-refractivity contribution in [2.75, 3.05) is 19.6 Å². The second kappa shape index (κ2) is 7.21. The first-order chi connectivity index (χ1) is 12.6. The molecule has 2 aromatic heterocycles. The van der Waals surface area contributed by atoms with Crippen molar-refractivity contribution in [1.29, 1.82) is 0 Å². The van der Waals surface area contributed by atoms with Crippen LogP contribution in [0.1, 0.15) is 24.0 Å². The van der Waals surface area contributed by atoms with Crippen molar-refractivity contribution < 1.29 is 4.79 Å². The van der Waals surface area contributed by atoms with Crippen molar-refractivity contribution >= 4 is 27.9 Å². The summed E-state index contributed by atoms with van der Waals surface area (Å²) in [5.74, 6) is 0.936. The third kappa shape index (κ3) is 3.81. The Kier molecular flexibility index (Phi) is 4.78. The SMILES string of the molecule is Cc1nnc(-c2ccc3cnc(CC(=O)CN4CC[C@@H](C)C4)cc3c2)s1. The average Bonchev–Trinajstić information content (AvgIpc) is 3.22. The zero-order chi connectivity index (χ0) is 18.1. The topological polar surface area (TPSA) is 59.0 Å². The Morgan fingerprint density at radius 1 is 1.27 bits per heavy atom. The predicted molar refractivity (Wildman–Crippen MR) is 104 cm³/mol. The second-order valence-corrected chi connectivity index (χ2v) is 8.39. The van der Waals surface area contributed by atoms with Crippen LogP contribution < -0.4 is 0 Å². The van der Waals surface area contributed by atoms with Gasteiger partial charge in [0.05, 0.1) is 13.0 Å². The Labute approximate surface area is 157 Å². The summed E-state index contributed by atoms with van der Waals surface area (Å²) < 4.78 is 0. The van der Waals surface area contributed by atoms with Crippen molar-refractivity contribution in [3.63, 3.8) is 0 Å². The number of aryl methyl sites for hydroxylation is 1. The van der Waals surface area contributed by atoms with E-state index >= 15 is 0 Å². The molecule has 0 amide bonds. The third-order valence-electron chi connectivity index (χ3n) is 4.84. The van der Waals surface area contributed by atoms with Crippen molar-refractivity contribution in [3.8, 4) is 10.6 Å². The van der Waals surface area contributed by atoms with E-state index in [0.29, 0.717) is 18.9 Å². The largest absolute Gasteiger partial charge is 0.298 e. The summed E-state index contributed by atoms with van der Waals surface area (Å²) in [6.45, 7) is 6.79. The smallest absolute Gasteiger partial charge is 0.152 e. The maximum absolute atomic E-state index is 12.4. The summed E-state index contributed by atoms with van der Waals surface area (Å²) >= 11 is 1.58. The monoisotopic (exact) mass is 366 g/mol. The second-order valence-electron chi connectivity index (χ2n) is 7.21. The van der Waals surface area contributed by atoms with Crippen molar-refractivity contribution in [1.82, 2.24) is 20.1 Å². The summed E-state index contributed by atoms with van der Waals surface area (Å²) in [4.78, 5) is 19.1. The number of nitrogens with zero attached hydrogens (tertiary/aromatic N) is 4. The highest BCUT2D eigenvalue weighted by molar-refractivity contribution is 7.14. The number of carbonyl (C=O) groups is 1. The van der Waals surface area contributed by atoms with E-state index in [-0.39, 0.29) is 5.78 Å². The molecule has 1 atom stereocenters. The van der Waals surface area contributed by atoms with E-state index in [0.717, 1.165) is 45.1 Å². The highest BCUT2D eigenvalue weighted by atomic mass is 32.1. The van der Waals surface area contributed by atoms with Gasteiger partial charge in [-0.15, -0.1) is 10.2 Å². The molecule has 0 unspecified atom stereocenters. The molecule has 0 spiro atoms. The Morgan fingerprint density at radius 3 is 2.88 bits per heavy atom. The standard InChI is InChI=1S/C20H22N4OS/c1-13-5-6-24(11-13)12-19(25)9-18-8-17-7-15(3-4-16(17)10-21-18)20-23-22-14(2)26-20/h3-4,7-8,10,13H,5-6,9,11-12H2,1-2H3/t13-/m1/s1. The number of carbonyl (C=O) groups excluding carboxylic acids is 1. The molecule has 1 aliphatic rings. The van der Waals surface area contributed by atoms with Crippen LogP contribution in [0, 0.1) is 12.8 Å². The van der Waals surface area contributed by atoms with Gasteiger partial charge in [-0.05, 0) is 43.3 Å². The average molecular weight is 366 g/mol. The summed E-state index contributed by atoms with van der Waals surface area (Å²) in [5.41, 5.74) is 1.89. The van der Waals surface area contributed by atoms with Crippen LogP contribution in [0.4, 0.5) is 0 Å². The molecule has 0 N–H and O–H groups in total. The quantitative estimate of drug-likeness (QED) is 0.691. The number of hydrogen-bond donors (Lipinski definition) is 0. The van der Waals surface area contributed by atoms with Crippen LogP contribution in [0.5, 0.6) is 0 Å². The van der Waals surface area contributed by atoms with E-state index in [1.165, 1.54) is 6.42 Å². The van der Waals surface area contributed by atoms with Gasteiger partial charge in [-0.1, -0.05) is 30.4 Å². The van der Waals surface area contributed by atoms with E-state index in [4.69, 9.17) is 0 Å². The summed E-state index contributed by atoms with van der Waals surface area (Å²) in [7, 11) is 0. The third-order valence-corrected chi connectivity index (χ3v) is 5.73. The summed E-state index contributed by atoms with van der Waals surface area (Å²) in [6.07, 6.45) is 3.43. The number of hydrogen-bond acceptors (Lipinski definition) is 6.